The Morgan fingerprint density at radius 3 is 2.53 bits per heavy atom. The lowest BCUT2D eigenvalue weighted by Crippen LogP contribution is -2.27. The predicted octanol–water partition coefficient (Wildman–Crippen LogP) is 5.43. The SMILES string of the molecule is COc1cc(/C=C2/SC(=S)N(c3cccc(Cl)c3)C2=O)ccc1OS(=O)(=O)c1ccccc1[N+](=O)[O-]. The molecule has 0 spiro atoms. The van der Waals surface area contributed by atoms with E-state index in [-0.39, 0.29) is 17.4 Å². The van der Waals surface area contributed by atoms with Gasteiger partial charge >= 0.3 is 10.1 Å². The standard InChI is InChI=1S/C23H15ClN2O7S3/c1-32-19-11-14(12-20-22(27)25(23(34)35-20)16-6-4-5-15(24)13-16)9-10-18(19)33-36(30,31)21-8-3-2-7-17(21)26(28)29/h2-13H,1H3/b20-12+. The minimum atomic E-state index is -4.54. The van der Waals surface area contributed by atoms with Gasteiger partial charge in [0.2, 0.25) is 0 Å². The van der Waals surface area contributed by atoms with Crippen LogP contribution in [0.3, 0.4) is 0 Å². The fourth-order valence-corrected chi connectivity index (χ4v) is 5.87. The lowest BCUT2D eigenvalue weighted by atomic mass is 10.2. The first-order valence-electron chi connectivity index (χ1n) is 10.00. The zero-order chi connectivity index (χ0) is 26.0. The van der Waals surface area contributed by atoms with Crippen LogP contribution < -0.4 is 13.8 Å². The molecule has 36 heavy (non-hydrogen) atoms. The lowest BCUT2D eigenvalue weighted by Gasteiger charge is -2.14. The van der Waals surface area contributed by atoms with Crippen molar-refractivity contribution in [2.24, 2.45) is 0 Å². The highest BCUT2D eigenvalue weighted by Gasteiger charge is 2.33. The molecular formula is C23H15ClN2O7S3. The number of carbonyl (C=O) groups is 1. The van der Waals surface area contributed by atoms with Gasteiger partial charge in [-0.3, -0.25) is 19.8 Å². The van der Waals surface area contributed by atoms with Gasteiger partial charge in [0.25, 0.3) is 11.6 Å². The quantitative estimate of drug-likeness (QED) is 0.122. The average molecular weight is 563 g/mol. The maximum atomic E-state index is 13.0. The van der Waals surface area contributed by atoms with Crippen LogP contribution in [0.4, 0.5) is 11.4 Å². The van der Waals surface area contributed by atoms with Crippen LogP contribution >= 0.6 is 35.6 Å². The van der Waals surface area contributed by atoms with Gasteiger partial charge in [-0.2, -0.15) is 8.42 Å². The number of hydrogen-bond acceptors (Lipinski definition) is 9. The molecule has 1 heterocycles. The van der Waals surface area contributed by atoms with E-state index in [1.807, 2.05) is 0 Å². The number of hydrogen-bond donors (Lipinski definition) is 0. The number of carbonyl (C=O) groups excluding carboxylic acids is 1. The van der Waals surface area contributed by atoms with E-state index in [1.54, 1.807) is 30.3 Å². The second kappa shape index (κ2) is 10.3. The zero-order valence-electron chi connectivity index (χ0n) is 18.3. The van der Waals surface area contributed by atoms with Gasteiger partial charge in [-0.25, -0.2) is 0 Å². The minimum Gasteiger partial charge on any atom is -0.493 e. The van der Waals surface area contributed by atoms with Crippen molar-refractivity contribution in [3.63, 3.8) is 0 Å². The molecule has 0 atom stereocenters. The number of methoxy groups -OCH3 is 1. The van der Waals surface area contributed by atoms with Crippen molar-refractivity contribution >= 4 is 73.4 Å². The summed E-state index contributed by atoms with van der Waals surface area (Å²) in [5.41, 5.74) is 0.429. The first kappa shape index (κ1) is 25.6. The third-order valence-corrected chi connectivity index (χ3v) is 7.70. The van der Waals surface area contributed by atoms with E-state index in [4.69, 9.17) is 32.7 Å². The fraction of sp³-hybridized carbons (Fsp3) is 0.0435. The highest BCUT2D eigenvalue weighted by molar-refractivity contribution is 8.27. The average Bonchev–Trinajstić information content (AvgIpc) is 3.12. The van der Waals surface area contributed by atoms with Crippen LogP contribution in [0.2, 0.25) is 5.02 Å². The van der Waals surface area contributed by atoms with Crippen LogP contribution in [0, 0.1) is 10.1 Å². The van der Waals surface area contributed by atoms with E-state index >= 15 is 0 Å². The number of anilines is 1. The number of nitrogens with zero attached hydrogens (tertiary/aromatic N) is 2. The monoisotopic (exact) mass is 562 g/mol. The van der Waals surface area contributed by atoms with Crippen molar-refractivity contribution < 1.29 is 27.1 Å². The van der Waals surface area contributed by atoms with Crippen LogP contribution in [-0.2, 0) is 14.9 Å². The molecule has 1 amide bonds. The molecular weight excluding hydrogens is 548 g/mol. The van der Waals surface area contributed by atoms with Crippen molar-refractivity contribution in [2.75, 3.05) is 12.0 Å². The molecule has 0 N–H and O–H groups in total. The Labute approximate surface area is 220 Å². The van der Waals surface area contributed by atoms with Gasteiger partial charge in [0, 0.05) is 11.1 Å². The Morgan fingerprint density at radius 1 is 1.08 bits per heavy atom. The molecule has 0 unspecified atom stereocenters. The summed E-state index contributed by atoms with van der Waals surface area (Å²) in [6, 6.07) is 15.9. The maximum Gasteiger partial charge on any atom is 0.346 e. The van der Waals surface area contributed by atoms with Gasteiger partial charge in [0.1, 0.15) is 0 Å². The van der Waals surface area contributed by atoms with Crippen LogP contribution in [0.1, 0.15) is 5.56 Å². The lowest BCUT2D eigenvalue weighted by molar-refractivity contribution is -0.387. The summed E-state index contributed by atoms with van der Waals surface area (Å²) in [7, 11) is -3.24. The summed E-state index contributed by atoms with van der Waals surface area (Å²) in [6.45, 7) is 0. The Bertz CT molecular complexity index is 1540. The van der Waals surface area contributed by atoms with E-state index in [2.05, 4.69) is 0 Å². The summed E-state index contributed by atoms with van der Waals surface area (Å²) in [4.78, 5) is 24.5. The molecule has 3 aromatic carbocycles. The van der Waals surface area contributed by atoms with Crippen LogP contribution in [0.15, 0.2) is 76.5 Å². The Balaban J connectivity index is 1.62. The van der Waals surface area contributed by atoms with Crippen LogP contribution in [0.5, 0.6) is 11.5 Å². The number of rotatable bonds is 7. The van der Waals surface area contributed by atoms with E-state index in [0.717, 1.165) is 23.9 Å². The van der Waals surface area contributed by atoms with Crippen molar-refractivity contribution in [1.82, 2.24) is 0 Å². The van der Waals surface area contributed by atoms with Gasteiger partial charge in [-0.15, -0.1) is 0 Å². The van der Waals surface area contributed by atoms with Crippen molar-refractivity contribution in [3.8, 4) is 11.5 Å². The third kappa shape index (κ3) is 5.21. The van der Waals surface area contributed by atoms with Gasteiger partial charge in [-0.05, 0) is 48.0 Å². The van der Waals surface area contributed by atoms with Gasteiger partial charge in [-0.1, -0.05) is 59.8 Å². The first-order valence-corrected chi connectivity index (χ1v) is 13.0. The molecule has 4 rings (SSSR count). The summed E-state index contributed by atoms with van der Waals surface area (Å²) in [6.07, 6.45) is 1.58. The first-order chi connectivity index (χ1) is 17.1. The largest absolute Gasteiger partial charge is 0.493 e. The van der Waals surface area contributed by atoms with Crippen molar-refractivity contribution in [2.45, 2.75) is 4.90 Å². The van der Waals surface area contributed by atoms with E-state index in [0.29, 0.717) is 25.5 Å². The molecule has 184 valence electrons. The molecule has 0 saturated carbocycles. The maximum absolute atomic E-state index is 13.0. The molecule has 0 aromatic heterocycles. The van der Waals surface area contributed by atoms with Crippen molar-refractivity contribution in [1.29, 1.82) is 0 Å². The van der Waals surface area contributed by atoms with Gasteiger partial charge in [0.05, 0.1) is 22.6 Å². The molecule has 9 nitrogen and oxygen atoms in total. The number of halogens is 1. The Morgan fingerprint density at radius 2 is 1.83 bits per heavy atom. The summed E-state index contributed by atoms with van der Waals surface area (Å²) >= 11 is 12.5. The number of nitro groups is 1. The Kier molecular flexibility index (Phi) is 7.31. The Hall–Kier alpha value is -3.45. The number of benzene rings is 3. The highest BCUT2D eigenvalue weighted by atomic mass is 35.5. The number of ether oxygens (including phenoxy) is 1. The van der Waals surface area contributed by atoms with E-state index in [1.165, 1.54) is 42.3 Å². The third-order valence-electron chi connectivity index (χ3n) is 4.88. The number of thioether (sulfide) groups is 1. The molecule has 1 aliphatic rings. The smallest absolute Gasteiger partial charge is 0.346 e. The zero-order valence-corrected chi connectivity index (χ0v) is 21.5. The topological polar surface area (TPSA) is 116 Å². The minimum absolute atomic E-state index is 0.0382. The highest BCUT2D eigenvalue weighted by Crippen LogP contribution is 2.38. The molecule has 0 radical (unpaired) electrons. The van der Waals surface area contributed by atoms with Crippen molar-refractivity contribution in [3.05, 3.63) is 92.3 Å². The molecule has 1 saturated heterocycles. The van der Waals surface area contributed by atoms with Crippen LogP contribution in [-0.4, -0.2) is 30.7 Å². The molecule has 1 aliphatic heterocycles. The molecule has 0 aliphatic carbocycles. The normalized spacial score (nSPS) is 14.8. The molecule has 1 fully saturated rings. The predicted molar refractivity (Wildman–Crippen MR) is 141 cm³/mol. The second-order valence-electron chi connectivity index (χ2n) is 7.17. The molecule has 13 heteroatoms. The van der Waals surface area contributed by atoms with E-state index < -0.39 is 25.6 Å². The van der Waals surface area contributed by atoms with Gasteiger partial charge in [0.15, 0.2) is 20.7 Å². The summed E-state index contributed by atoms with van der Waals surface area (Å²) in [5, 5.41) is 11.7. The number of thiocarbonyl (C=S) groups is 1. The number of para-hydroxylation sites is 1. The van der Waals surface area contributed by atoms with E-state index in [9.17, 15) is 23.3 Å². The van der Waals surface area contributed by atoms with Gasteiger partial charge < -0.3 is 8.92 Å². The summed E-state index contributed by atoms with van der Waals surface area (Å²) < 4.78 is 36.3. The summed E-state index contributed by atoms with van der Waals surface area (Å²) in [5.74, 6) is -0.485. The van der Waals surface area contributed by atoms with Crippen LogP contribution in [0.25, 0.3) is 6.08 Å². The number of amides is 1. The molecule has 3 aromatic rings. The fourth-order valence-electron chi connectivity index (χ4n) is 3.28. The number of nitro benzene ring substituents is 1. The second-order valence-corrected chi connectivity index (χ2v) is 10.8. The molecule has 0 bridgehead atoms.